The summed E-state index contributed by atoms with van der Waals surface area (Å²) in [5, 5.41) is 9.64. The molecular formula is C15H18ClNO4. The number of halogens is 1. The van der Waals surface area contributed by atoms with Crippen LogP contribution in [0.2, 0.25) is 5.02 Å². The molecule has 5 nitrogen and oxygen atoms in total. The van der Waals surface area contributed by atoms with Gasteiger partial charge < -0.3 is 14.7 Å². The van der Waals surface area contributed by atoms with Crippen LogP contribution in [-0.2, 0) is 4.79 Å². The number of hydrogen-bond acceptors (Lipinski definition) is 3. The van der Waals surface area contributed by atoms with E-state index in [4.69, 9.17) is 21.4 Å². The van der Waals surface area contributed by atoms with Gasteiger partial charge in [-0.15, -0.1) is 0 Å². The van der Waals surface area contributed by atoms with Gasteiger partial charge in [-0.25, -0.2) is 0 Å². The van der Waals surface area contributed by atoms with E-state index < -0.39 is 11.9 Å². The Morgan fingerprint density at radius 3 is 2.76 bits per heavy atom. The van der Waals surface area contributed by atoms with Crippen molar-refractivity contribution < 1.29 is 19.4 Å². The van der Waals surface area contributed by atoms with Gasteiger partial charge in [-0.2, -0.15) is 0 Å². The Bertz CT molecular complexity index is 561. The number of nitrogens with zero attached hydrogens (tertiary/aromatic N) is 1. The van der Waals surface area contributed by atoms with Crippen molar-refractivity contribution in [3.63, 3.8) is 0 Å². The molecule has 2 unspecified atom stereocenters. The second kappa shape index (κ2) is 6.35. The molecule has 1 aliphatic heterocycles. The molecule has 114 valence electrons. The van der Waals surface area contributed by atoms with Crippen LogP contribution in [0, 0.1) is 5.92 Å². The lowest BCUT2D eigenvalue weighted by atomic mass is 10.0. The number of carbonyl (C=O) groups is 2. The minimum Gasteiger partial charge on any atom is -0.493 e. The minimum absolute atomic E-state index is 0.216. The highest BCUT2D eigenvalue weighted by Crippen LogP contribution is 2.30. The standard InChI is InChI=1S/C15H18ClNO4/c1-3-21-13-8-10(16)4-5-12(13)14(18)17-7-6-11(9(17)2)15(19)20/h4-5,8-9,11H,3,6-7H2,1-2H3,(H,19,20). The quantitative estimate of drug-likeness (QED) is 0.928. The maximum Gasteiger partial charge on any atom is 0.308 e. The van der Waals surface area contributed by atoms with Gasteiger partial charge in [0.2, 0.25) is 0 Å². The van der Waals surface area contributed by atoms with E-state index in [1.54, 1.807) is 30.0 Å². The van der Waals surface area contributed by atoms with E-state index in [9.17, 15) is 9.59 Å². The second-order valence-corrected chi connectivity index (χ2v) is 5.48. The van der Waals surface area contributed by atoms with Crippen LogP contribution >= 0.6 is 11.6 Å². The van der Waals surface area contributed by atoms with E-state index in [1.807, 2.05) is 6.92 Å². The van der Waals surface area contributed by atoms with Gasteiger partial charge in [0.05, 0.1) is 18.1 Å². The number of rotatable bonds is 4. The van der Waals surface area contributed by atoms with Gasteiger partial charge in [0.15, 0.2) is 0 Å². The molecule has 1 aliphatic rings. The maximum atomic E-state index is 12.6. The topological polar surface area (TPSA) is 66.8 Å². The Labute approximate surface area is 128 Å². The average Bonchev–Trinajstić information content (AvgIpc) is 2.80. The molecule has 0 radical (unpaired) electrons. The summed E-state index contributed by atoms with van der Waals surface area (Å²) in [6.07, 6.45) is 0.472. The normalized spacial score (nSPS) is 21.4. The maximum absolute atomic E-state index is 12.6. The highest BCUT2D eigenvalue weighted by Gasteiger charge is 2.39. The zero-order valence-corrected chi connectivity index (χ0v) is 12.8. The molecule has 21 heavy (non-hydrogen) atoms. The number of hydrogen-bond donors (Lipinski definition) is 1. The van der Waals surface area contributed by atoms with Crippen LogP contribution in [0.25, 0.3) is 0 Å². The van der Waals surface area contributed by atoms with E-state index in [0.29, 0.717) is 35.9 Å². The summed E-state index contributed by atoms with van der Waals surface area (Å²) in [4.78, 5) is 25.4. The predicted molar refractivity (Wildman–Crippen MR) is 78.9 cm³/mol. The summed E-state index contributed by atoms with van der Waals surface area (Å²) >= 11 is 5.93. The summed E-state index contributed by atoms with van der Waals surface area (Å²) in [5.74, 6) is -1.16. The number of benzene rings is 1. The van der Waals surface area contributed by atoms with Crippen molar-refractivity contribution >= 4 is 23.5 Å². The third-order valence-corrected chi connectivity index (χ3v) is 4.04. The molecule has 2 rings (SSSR count). The van der Waals surface area contributed by atoms with Crippen LogP contribution in [-0.4, -0.2) is 41.1 Å². The Morgan fingerprint density at radius 1 is 1.48 bits per heavy atom. The first-order valence-electron chi connectivity index (χ1n) is 6.91. The fraction of sp³-hybridized carbons (Fsp3) is 0.467. The molecule has 1 aromatic rings. The van der Waals surface area contributed by atoms with Crippen molar-refractivity contribution in [3.8, 4) is 5.75 Å². The van der Waals surface area contributed by atoms with Gasteiger partial charge in [-0.05, 0) is 38.5 Å². The molecule has 0 saturated carbocycles. The van der Waals surface area contributed by atoms with Crippen molar-refractivity contribution in [2.45, 2.75) is 26.3 Å². The molecular weight excluding hydrogens is 294 g/mol. The number of carboxylic acids is 1. The van der Waals surface area contributed by atoms with E-state index in [-0.39, 0.29) is 11.9 Å². The SMILES string of the molecule is CCOc1cc(Cl)ccc1C(=O)N1CCC(C(=O)O)C1C. The van der Waals surface area contributed by atoms with Gasteiger partial charge in [0.1, 0.15) is 5.75 Å². The zero-order chi connectivity index (χ0) is 15.6. The Balaban J connectivity index is 2.26. The predicted octanol–water partition coefficient (Wildman–Crippen LogP) is 2.67. The second-order valence-electron chi connectivity index (χ2n) is 5.05. The number of ether oxygens (including phenoxy) is 1. The third kappa shape index (κ3) is 3.13. The molecule has 1 amide bonds. The fourth-order valence-electron chi connectivity index (χ4n) is 2.66. The zero-order valence-electron chi connectivity index (χ0n) is 12.0. The lowest BCUT2D eigenvalue weighted by molar-refractivity contribution is -0.142. The van der Waals surface area contributed by atoms with Crippen LogP contribution in [0.1, 0.15) is 30.6 Å². The summed E-state index contributed by atoms with van der Waals surface area (Å²) in [5.41, 5.74) is 0.416. The van der Waals surface area contributed by atoms with Crippen LogP contribution < -0.4 is 4.74 Å². The lowest BCUT2D eigenvalue weighted by Crippen LogP contribution is -2.37. The fourth-order valence-corrected chi connectivity index (χ4v) is 2.82. The van der Waals surface area contributed by atoms with Crippen molar-refractivity contribution in [2.75, 3.05) is 13.2 Å². The molecule has 0 aliphatic carbocycles. The number of amides is 1. The minimum atomic E-state index is -0.862. The first-order chi connectivity index (χ1) is 9.95. The number of carbonyl (C=O) groups excluding carboxylic acids is 1. The van der Waals surface area contributed by atoms with E-state index in [1.165, 1.54) is 0 Å². The van der Waals surface area contributed by atoms with Gasteiger partial charge in [-0.1, -0.05) is 11.6 Å². The Kier molecular flexibility index (Phi) is 4.73. The van der Waals surface area contributed by atoms with E-state index in [0.717, 1.165) is 0 Å². The highest BCUT2D eigenvalue weighted by molar-refractivity contribution is 6.30. The molecule has 0 aromatic heterocycles. The highest BCUT2D eigenvalue weighted by atomic mass is 35.5. The van der Waals surface area contributed by atoms with Crippen molar-refractivity contribution in [1.29, 1.82) is 0 Å². The molecule has 1 saturated heterocycles. The summed E-state index contributed by atoms with van der Waals surface area (Å²) < 4.78 is 5.46. The van der Waals surface area contributed by atoms with Crippen LogP contribution in [0.15, 0.2) is 18.2 Å². The molecule has 2 atom stereocenters. The monoisotopic (exact) mass is 311 g/mol. The van der Waals surface area contributed by atoms with E-state index in [2.05, 4.69) is 0 Å². The van der Waals surface area contributed by atoms with Crippen LogP contribution in [0.4, 0.5) is 0 Å². The Hall–Kier alpha value is -1.75. The van der Waals surface area contributed by atoms with Crippen molar-refractivity contribution in [2.24, 2.45) is 5.92 Å². The summed E-state index contributed by atoms with van der Waals surface area (Å²) in [6, 6.07) is 4.52. The van der Waals surface area contributed by atoms with E-state index >= 15 is 0 Å². The third-order valence-electron chi connectivity index (χ3n) is 3.81. The molecule has 1 fully saturated rings. The summed E-state index contributed by atoms with van der Waals surface area (Å²) in [7, 11) is 0. The smallest absolute Gasteiger partial charge is 0.308 e. The number of carboxylic acid groups (broad SMARTS) is 1. The van der Waals surface area contributed by atoms with Gasteiger partial charge in [-0.3, -0.25) is 9.59 Å². The molecule has 0 spiro atoms. The molecule has 1 heterocycles. The lowest BCUT2D eigenvalue weighted by Gasteiger charge is -2.24. The Morgan fingerprint density at radius 2 is 2.19 bits per heavy atom. The molecule has 1 aromatic carbocycles. The number of likely N-dealkylation sites (tertiary alicyclic amines) is 1. The molecule has 1 N–H and O–H groups in total. The number of aliphatic carboxylic acids is 1. The van der Waals surface area contributed by atoms with Gasteiger partial charge in [0.25, 0.3) is 5.91 Å². The largest absolute Gasteiger partial charge is 0.493 e. The average molecular weight is 312 g/mol. The van der Waals surface area contributed by atoms with Crippen LogP contribution in [0.3, 0.4) is 0 Å². The van der Waals surface area contributed by atoms with Gasteiger partial charge >= 0.3 is 5.97 Å². The first-order valence-corrected chi connectivity index (χ1v) is 7.29. The first kappa shape index (κ1) is 15.6. The van der Waals surface area contributed by atoms with Gasteiger partial charge in [0, 0.05) is 17.6 Å². The summed E-state index contributed by atoms with van der Waals surface area (Å²) in [6.45, 7) is 4.45. The molecule has 6 heteroatoms. The molecule has 0 bridgehead atoms. The van der Waals surface area contributed by atoms with Crippen molar-refractivity contribution in [3.05, 3.63) is 28.8 Å². The van der Waals surface area contributed by atoms with Crippen molar-refractivity contribution in [1.82, 2.24) is 4.90 Å². The van der Waals surface area contributed by atoms with Crippen LogP contribution in [0.5, 0.6) is 5.75 Å².